The van der Waals surface area contributed by atoms with Crippen molar-refractivity contribution in [3.63, 3.8) is 0 Å². The summed E-state index contributed by atoms with van der Waals surface area (Å²) in [5, 5.41) is 4.74. The van der Waals surface area contributed by atoms with Gasteiger partial charge in [0.25, 0.3) is 5.91 Å². The molecule has 1 aromatic carbocycles. The van der Waals surface area contributed by atoms with E-state index in [1.54, 1.807) is 39.7 Å². The van der Waals surface area contributed by atoms with Gasteiger partial charge in [-0.2, -0.15) is 5.10 Å². The average Bonchev–Trinajstić information content (AvgIpc) is 3.43. The molecule has 0 unspecified atom stereocenters. The fraction of sp³-hybridized carbons (Fsp3) is 0.130. The van der Waals surface area contributed by atoms with Gasteiger partial charge in [-0.15, -0.1) is 0 Å². The van der Waals surface area contributed by atoms with Crippen molar-refractivity contribution in [3.05, 3.63) is 77.8 Å². The van der Waals surface area contributed by atoms with Crippen LogP contribution in [0.2, 0.25) is 0 Å². The van der Waals surface area contributed by atoms with E-state index in [0.717, 1.165) is 22.6 Å². The Hall–Kier alpha value is -4.27. The SMILES string of the molecule is Cc1cc(C(N)=O)n(-c2cn3nc(-c4c(-c5ccc(F)cc5)nc(C)n4C)ccc3n2)c1. The largest absolute Gasteiger partial charge is 0.364 e. The van der Waals surface area contributed by atoms with Crippen LogP contribution in [0.5, 0.6) is 0 Å². The van der Waals surface area contributed by atoms with E-state index in [1.165, 1.54) is 12.1 Å². The number of amides is 1. The third-order valence-corrected chi connectivity index (χ3v) is 5.44. The van der Waals surface area contributed by atoms with Crippen LogP contribution in [0.4, 0.5) is 4.39 Å². The smallest absolute Gasteiger partial charge is 0.265 e. The Morgan fingerprint density at radius 1 is 1.03 bits per heavy atom. The van der Waals surface area contributed by atoms with Gasteiger partial charge in [-0.1, -0.05) is 0 Å². The second kappa shape index (κ2) is 7.16. The van der Waals surface area contributed by atoms with Crippen molar-refractivity contribution in [2.75, 3.05) is 0 Å². The van der Waals surface area contributed by atoms with Gasteiger partial charge >= 0.3 is 0 Å². The van der Waals surface area contributed by atoms with Crippen LogP contribution in [0.1, 0.15) is 21.9 Å². The number of primary amides is 1. The fourth-order valence-electron chi connectivity index (χ4n) is 3.80. The van der Waals surface area contributed by atoms with E-state index in [4.69, 9.17) is 10.8 Å². The van der Waals surface area contributed by atoms with E-state index in [9.17, 15) is 9.18 Å². The number of aryl methyl sites for hydroxylation is 2. The van der Waals surface area contributed by atoms with Crippen LogP contribution in [0.15, 0.2) is 54.9 Å². The first kappa shape index (κ1) is 19.7. The van der Waals surface area contributed by atoms with Crippen molar-refractivity contribution in [2.45, 2.75) is 13.8 Å². The van der Waals surface area contributed by atoms with Gasteiger partial charge in [-0.05, 0) is 61.9 Å². The number of nitrogens with zero attached hydrogens (tertiary/aromatic N) is 6. The molecule has 0 fully saturated rings. The Morgan fingerprint density at radius 2 is 1.78 bits per heavy atom. The highest BCUT2D eigenvalue weighted by Crippen LogP contribution is 2.31. The van der Waals surface area contributed by atoms with Gasteiger partial charge in [0, 0.05) is 18.8 Å². The summed E-state index contributed by atoms with van der Waals surface area (Å²) in [4.78, 5) is 21.1. The Kier molecular flexibility index (Phi) is 4.40. The molecule has 5 rings (SSSR count). The predicted octanol–water partition coefficient (Wildman–Crippen LogP) is 3.44. The second-order valence-corrected chi connectivity index (χ2v) is 7.68. The zero-order valence-electron chi connectivity index (χ0n) is 17.7. The zero-order valence-corrected chi connectivity index (χ0v) is 17.7. The van der Waals surface area contributed by atoms with Crippen LogP contribution in [0.25, 0.3) is 34.1 Å². The van der Waals surface area contributed by atoms with E-state index >= 15 is 0 Å². The molecule has 2 N–H and O–H groups in total. The van der Waals surface area contributed by atoms with Crippen molar-refractivity contribution in [1.29, 1.82) is 0 Å². The van der Waals surface area contributed by atoms with Crippen molar-refractivity contribution in [3.8, 4) is 28.5 Å². The molecule has 0 saturated carbocycles. The zero-order chi connectivity index (χ0) is 22.6. The minimum Gasteiger partial charge on any atom is -0.364 e. The third-order valence-electron chi connectivity index (χ3n) is 5.44. The minimum absolute atomic E-state index is 0.302. The van der Waals surface area contributed by atoms with Gasteiger partial charge < -0.3 is 10.3 Å². The molecule has 5 aromatic rings. The van der Waals surface area contributed by atoms with E-state index in [1.807, 2.05) is 37.6 Å². The number of carbonyl (C=O) groups excluding carboxylic acids is 1. The van der Waals surface area contributed by atoms with Gasteiger partial charge in [0.2, 0.25) is 0 Å². The molecule has 0 bridgehead atoms. The molecule has 0 radical (unpaired) electrons. The number of rotatable bonds is 4. The normalized spacial score (nSPS) is 11.4. The maximum Gasteiger partial charge on any atom is 0.265 e. The summed E-state index contributed by atoms with van der Waals surface area (Å²) in [6.07, 6.45) is 3.55. The lowest BCUT2D eigenvalue weighted by molar-refractivity contribution is 0.0993. The van der Waals surface area contributed by atoms with Gasteiger partial charge in [-0.25, -0.2) is 18.9 Å². The first-order valence-corrected chi connectivity index (χ1v) is 9.97. The van der Waals surface area contributed by atoms with E-state index < -0.39 is 5.91 Å². The predicted molar refractivity (Wildman–Crippen MR) is 118 cm³/mol. The van der Waals surface area contributed by atoms with Crippen LogP contribution >= 0.6 is 0 Å². The van der Waals surface area contributed by atoms with Gasteiger partial charge in [0.15, 0.2) is 11.5 Å². The fourth-order valence-corrected chi connectivity index (χ4v) is 3.80. The van der Waals surface area contributed by atoms with Gasteiger partial charge in [0.1, 0.15) is 23.0 Å². The molecule has 0 aliphatic heterocycles. The van der Waals surface area contributed by atoms with Gasteiger partial charge in [-0.3, -0.25) is 9.36 Å². The summed E-state index contributed by atoms with van der Waals surface area (Å²) >= 11 is 0. The molecule has 9 heteroatoms. The Labute approximate surface area is 182 Å². The maximum absolute atomic E-state index is 13.4. The summed E-state index contributed by atoms with van der Waals surface area (Å²) in [7, 11) is 1.91. The number of carbonyl (C=O) groups is 1. The quantitative estimate of drug-likeness (QED) is 0.473. The van der Waals surface area contributed by atoms with Gasteiger partial charge in [0.05, 0.1) is 17.6 Å². The summed E-state index contributed by atoms with van der Waals surface area (Å²) in [6.45, 7) is 3.79. The van der Waals surface area contributed by atoms with Crippen LogP contribution in [-0.2, 0) is 7.05 Å². The Morgan fingerprint density at radius 3 is 2.50 bits per heavy atom. The lowest BCUT2D eigenvalue weighted by atomic mass is 10.1. The molecule has 0 spiro atoms. The van der Waals surface area contributed by atoms with Crippen LogP contribution in [-0.4, -0.2) is 34.6 Å². The Bertz CT molecular complexity index is 1490. The van der Waals surface area contributed by atoms with E-state index in [2.05, 4.69) is 9.97 Å². The summed E-state index contributed by atoms with van der Waals surface area (Å²) in [5.41, 5.74) is 10.4. The molecule has 160 valence electrons. The van der Waals surface area contributed by atoms with Crippen molar-refractivity contribution in [2.24, 2.45) is 12.8 Å². The van der Waals surface area contributed by atoms with E-state index in [-0.39, 0.29) is 5.82 Å². The number of hydrogen-bond donors (Lipinski definition) is 1. The van der Waals surface area contributed by atoms with Crippen LogP contribution < -0.4 is 5.73 Å². The summed E-state index contributed by atoms with van der Waals surface area (Å²) in [6, 6.07) is 11.7. The standard InChI is InChI=1S/C23H20FN7O/c1-13-10-18(23(25)32)30(11-13)20-12-31-19(27-20)9-8-17(28-31)22-21(26-14(2)29(22)3)15-4-6-16(24)7-5-15/h4-12H,1-3H3,(H2,25,32). The highest BCUT2D eigenvalue weighted by atomic mass is 19.1. The lowest BCUT2D eigenvalue weighted by Crippen LogP contribution is -2.15. The molecule has 0 saturated heterocycles. The highest BCUT2D eigenvalue weighted by Gasteiger charge is 2.19. The molecule has 8 nitrogen and oxygen atoms in total. The molecule has 1 amide bonds. The molecule has 32 heavy (non-hydrogen) atoms. The number of hydrogen-bond acceptors (Lipinski definition) is 4. The van der Waals surface area contributed by atoms with Crippen molar-refractivity contribution < 1.29 is 9.18 Å². The molecule has 0 atom stereocenters. The number of aromatic nitrogens is 6. The van der Waals surface area contributed by atoms with Crippen LogP contribution in [0, 0.1) is 19.7 Å². The van der Waals surface area contributed by atoms with Crippen molar-refractivity contribution in [1.82, 2.24) is 28.7 Å². The average molecular weight is 429 g/mol. The summed E-state index contributed by atoms with van der Waals surface area (Å²) < 4.78 is 18.7. The highest BCUT2D eigenvalue weighted by molar-refractivity contribution is 5.92. The topological polar surface area (TPSA) is 96.0 Å². The molecule has 4 aromatic heterocycles. The monoisotopic (exact) mass is 429 g/mol. The molecular weight excluding hydrogens is 409 g/mol. The molecule has 0 aliphatic carbocycles. The summed E-state index contributed by atoms with van der Waals surface area (Å²) in [5.74, 6) is 0.514. The number of imidazole rings is 2. The molecule has 4 heterocycles. The maximum atomic E-state index is 13.4. The van der Waals surface area contributed by atoms with Crippen LogP contribution in [0.3, 0.4) is 0 Å². The number of benzene rings is 1. The number of halogens is 1. The molecular formula is C23H20FN7O. The minimum atomic E-state index is -0.530. The third kappa shape index (κ3) is 3.15. The Balaban J connectivity index is 1.65. The first-order valence-electron chi connectivity index (χ1n) is 9.97. The lowest BCUT2D eigenvalue weighted by Gasteiger charge is -2.07. The number of nitrogens with two attached hydrogens (primary N) is 1. The first-order chi connectivity index (χ1) is 15.3. The molecule has 0 aliphatic rings. The van der Waals surface area contributed by atoms with Crippen molar-refractivity contribution >= 4 is 11.6 Å². The second-order valence-electron chi connectivity index (χ2n) is 7.68. The van der Waals surface area contributed by atoms with E-state index in [0.29, 0.717) is 28.5 Å². The number of fused-ring (bicyclic) bond motifs is 1.